The lowest BCUT2D eigenvalue weighted by molar-refractivity contribution is 1.30. The van der Waals surface area contributed by atoms with Crippen LogP contribution in [0, 0.1) is 0 Å². The lowest BCUT2D eigenvalue weighted by Crippen LogP contribution is -1.79. The Morgan fingerprint density at radius 3 is 2.92 bits per heavy atom. The topological polar surface area (TPSA) is 12.9 Å². The standard InChI is InChI=1S/C11H13N/c1-3-4-6-10(2)11-7-5-8-12-9-11/h3-9H,1-2H3/b4-3-,10-6+. The fraction of sp³-hybridized carbons (Fsp3) is 0.182. The molecule has 0 radical (unpaired) electrons. The normalized spacial score (nSPS) is 12.3. The predicted octanol–water partition coefficient (Wildman–Crippen LogP) is 3.06. The van der Waals surface area contributed by atoms with Crippen LogP contribution in [0.15, 0.2) is 42.8 Å². The maximum atomic E-state index is 4.05. The van der Waals surface area contributed by atoms with Crippen molar-refractivity contribution in [3.63, 3.8) is 0 Å². The molecular weight excluding hydrogens is 146 g/mol. The maximum Gasteiger partial charge on any atom is 0.0342 e. The minimum Gasteiger partial charge on any atom is -0.264 e. The molecule has 0 aliphatic carbocycles. The molecular formula is C11H13N. The molecule has 1 heteroatoms. The molecule has 0 N–H and O–H groups in total. The van der Waals surface area contributed by atoms with Crippen LogP contribution in [0.5, 0.6) is 0 Å². The van der Waals surface area contributed by atoms with E-state index in [1.165, 1.54) is 11.1 Å². The molecule has 1 aromatic heterocycles. The molecule has 62 valence electrons. The summed E-state index contributed by atoms with van der Waals surface area (Å²) in [5, 5.41) is 0. The summed E-state index contributed by atoms with van der Waals surface area (Å²) in [4.78, 5) is 4.05. The number of hydrogen-bond donors (Lipinski definition) is 0. The minimum absolute atomic E-state index is 1.18. The Balaban J connectivity index is 2.85. The second-order valence-electron chi connectivity index (χ2n) is 2.62. The summed E-state index contributed by atoms with van der Waals surface area (Å²) in [5.41, 5.74) is 2.41. The van der Waals surface area contributed by atoms with Gasteiger partial charge in [0.1, 0.15) is 0 Å². The fourth-order valence-corrected chi connectivity index (χ4v) is 0.933. The number of hydrogen-bond acceptors (Lipinski definition) is 1. The Hall–Kier alpha value is -1.37. The average molecular weight is 159 g/mol. The van der Waals surface area contributed by atoms with Crippen molar-refractivity contribution in [2.45, 2.75) is 13.8 Å². The van der Waals surface area contributed by atoms with E-state index in [1.807, 2.05) is 31.3 Å². The maximum absolute atomic E-state index is 4.05. The predicted molar refractivity (Wildman–Crippen MR) is 52.7 cm³/mol. The fourth-order valence-electron chi connectivity index (χ4n) is 0.933. The van der Waals surface area contributed by atoms with Gasteiger partial charge in [0.25, 0.3) is 0 Å². The van der Waals surface area contributed by atoms with Crippen LogP contribution in [-0.2, 0) is 0 Å². The third kappa shape index (κ3) is 2.35. The van der Waals surface area contributed by atoms with Gasteiger partial charge in [-0.05, 0) is 31.1 Å². The average Bonchev–Trinajstić information content (AvgIpc) is 2.15. The molecule has 0 saturated heterocycles. The monoisotopic (exact) mass is 159 g/mol. The van der Waals surface area contributed by atoms with E-state index in [0.29, 0.717) is 0 Å². The Morgan fingerprint density at radius 1 is 1.50 bits per heavy atom. The van der Waals surface area contributed by atoms with Gasteiger partial charge in [-0.25, -0.2) is 0 Å². The first-order valence-electron chi connectivity index (χ1n) is 4.04. The minimum atomic E-state index is 1.18. The molecule has 0 bridgehead atoms. The molecule has 0 saturated carbocycles. The van der Waals surface area contributed by atoms with Crippen LogP contribution in [-0.4, -0.2) is 4.98 Å². The highest BCUT2D eigenvalue weighted by molar-refractivity contribution is 5.64. The van der Waals surface area contributed by atoms with Crippen LogP contribution in [0.2, 0.25) is 0 Å². The van der Waals surface area contributed by atoms with E-state index in [2.05, 4.69) is 24.1 Å². The Bertz CT molecular complexity index is 283. The molecule has 12 heavy (non-hydrogen) atoms. The SMILES string of the molecule is C/C=C\C=C(/C)c1cccnc1. The van der Waals surface area contributed by atoms with Gasteiger partial charge in [-0.2, -0.15) is 0 Å². The first-order chi connectivity index (χ1) is 5.84. The van der Waals surface area contributed by atoms with Crippen LogP contribution in [0.25, 0.3) is 5.57 Å². The third-order valence-electron chi connectivity index (χ3n) is 1.66. The summed E-state index contributed by atoms with van der Waals surface area (Å²) in [7, 11) is 0. The molecule has 0 aliphatic heterocycles. The lowest BCUT2D eigenvalue weighted by atomic mass is 10.1. The molecule has 0 unspecified atom stereocenters. The molecule has 1 heterocycles. The van der Waals surface area contributed by atoms with Gasteiger partial charge >= 0.3 is 0 Å². The van der Waals surface area contributed by atoms with Crippen molar-refractivity contribution in [2.75, 3.05) is 0 Å². The smallest absolute Gasteiger partial charge is 0.0342 e. The molecule has 0 aromatic carbocycles. The van der Waals surface area contributed by atoms with Crippen molar-refractivity contribution in [1.82, 2.24) is 4.98 Å². The zero-order valence-corrected chi connectivity index (χ0v) is 7.49. The van der Waals surface area contributed by atoms with Crippen molar-refractivity contribution in [1.29, 1.82) is 0 Å². The summed E-state index contributed by atoms with van der Waals surface area (Å²) in [5.74, 6) is 0. The van der Waals surface area contributed by atoms with Crippen LogP contribution in [0.3, 0.4) is 0 Å². The van der Waals surface area contributed by atoms with Gasteiger partial charge in [-0.15, -0.1) is 0 Å². The second kappa shape index (κ2) is 4.50. The molecule has 0 spiro atoms. The third-order valence-corrected chi connectivity index (χ3v) is 1.66. The highest BCUT2D eigenvalue weighted by atomic mass is 14.6. The number of nitrogens with zero attached hydrogens (tertiary/aromatic N) is 1. The number of rotatable bonds is 2. The van der Waals surface area contributed by atoms with Crippen LogP contribution in [0.4, 0.5) is 0 Å². The molecule has 0 amide bonds. The molecule has 0 atom stereocenters. The van der Waals surface area contributed by atoms with Crippen molar-refractivity contribution >= 4 is 5.57 Å². The van der Waals surface area contributed by atoms with Gasteiger partial charge in [0, 0.05) is 12.4 Å². The summed E-state index contributed by atoms with van der Waals surface area (Å²) >= 11 is 0. The summed E-state index contributed by atoms with van der Waals surface area (Å²) in [6, 6.07) is 4.00. The van der Waals surface area contributed by atoms with Crippen LogP contribution in [0.1, 0.15) is 19.4 Å². The van der Waals surface area contributed by atoms with E-state index < -0.39 is 0 Å². The van der Waals surface area contributed by atoms with E-state index in [1.54, 1.807) is 6.20 Å². The van der Waals surface area contributed by atoms with Crippen molar-refractivity contribution < 1.29 is 0 Å². The largest absolute Gasteiger partial charge is 0.264 e. The summed E-state index contributed by atoms with van der Waals surface area (Å²) in [6.45, 7) is 4.09. The van der Waals surface area contributed by atoms with E-state index >= 15 is 0 Å². The highest BCUT2D eigenvalue weighted by Crippen LogP contribution is 2.10. The van der Waals surface area contributed by atoms with Gasteiger partial charge in [0.2, 0.25) is 0 Å². The van der Waals surface area contributed by atoms with E-state index in [0.717, 1.165) is 0 Å². The number of aromatic nitrogens is 1. The van der Waals surface area contributed by atoms with Crippen molar-refractivity contribution in [3.05, 3.63) is 48.3 Å². The zero-order valence-electron chi connectivity index (χ0n) is 7.49. The summed E-state index contributed by atoms with van der Waals surface area (Å²) in [6.07, 6.45) is 9.78. The number of pyridine rings is 1. The van der Waals surface area contributed by atoms with Crippen molar-refractivity contribution in [2.24, 2.45) is 0 Å². The second-order valence-corrected chi connectivity index (χ2v) is 2.62. The summed E-state index contributed by atoms with van der Waals surface area (Å²) < 4.78 is 0. The highest BCUT2D eigenvalue weighted by Gasteiger charge is 1.90. The number of allylic oxidation sites excluding steroid dienone is 4. The first kappa shape index (κ1) is 8.72. The lowest BCUT2D eigenvalue weighted by Gasteiger charge is -1.97. The molecule has 0 aliphatic rings. The Morgan fingerprint density at radius 2 is 2.33 bits per heavy atom. The Labute approximate surface area is 73.5 Å². The van der Waals surface area contributed by atoms with Gasteiger partial charge < -0.3 is 0 Å². The van der Waals surface area contributed by atoms with Crippen LogP contribution < -0.4 is 0 Å². The van der Waals surface area contributed by atoms with Gasteiger partial charge in [-0.3, -0.25) is 4.98 Å². The zero-order chi connectivity index (χ0) is 8.81. The van der Waals surface area contributed by atoms with E-state index in [9.17, 15) is 0 Å². The molecule has 1 aromatic rings. The Kier molecular flexibility index (Phi) is 3.27. The van der Waals surface area contributed by atoms with Gasteiger partial charge in [-0.1, -0.05) is 24.3 Å². The first-order valence-corrected chi connectivity index (χ1v) is 4.04. The molecule has 0 fully saturated rings. The van der Waals surface area contributed by atoms with E-state index in [4.69, 9.17) is 0 Å². The quantitative estimate of drug-likeness (QED) is 0.604. The van der Waals surface area contributed by atoms with Gasteiger partial charge in [0.15, 0.2) is 0 Å². The van der Waals surface area contributed by atoms with Crippen LogP contribution >= 0.6 is 0 Å². The molecule has 1 nitrogen and oxygen atoms in total. The van der Waals surface area contributed by atoms with Gasteiger partial charge in [0.05, 0.1) is 0 Å². The van der Waals surface area contributed by atoms with Crippen molar-refractivity contribution in [3.8, 4) is 0 Å². The van der Waals surface area contributed by atoms with E-state index in [-0.39, 0.29) is 0 Å². The molecule has 1 rings (SSSR count).